The van der Waals surface area contributed by atoms with Crippen LogP contribution in [0.25, 0.3) is 0 Å². The summed E-state index contributed by atoms with van der Waals surface area (Å²) in [4.78, 5) is 16.7. The number of amides is 1. The molecule has 0 radical (unpaired) electrons. The number of rotatable bonds is 5. The van der Waals surface area contributed by atoms with Crippen LogP contribution in [-0.2, 0) is 4.74 Å². The number of nitrogens with zero attached hydrogens (tertiary/aromatic N) is 1. The van der Waals surface area contributed by atoms with Crippen molar-refractivity contribution in [1.82, 2.24) is 4.98 Å². The minimum Gasteiger partial charge on any atom is -0.380 e. The van der Waals surface area contributed by atoms with Crippen LogP contribution in [0.4, 0.5) is 15.8 Å². The van der Waals surface area contributed by atoms with Crippen LogP contribution < -0.4 is 10.6 Å². The van der Waals surface area contributed by atoms with E-state index < -0.39 is 5.82 Å². The molecule has 1 amide bonds. The molecule has 1 aliphatic heterocycles. The van der Waals surface area contributed by atoms with E-state index in [1.807, 2.05) is 0 Å². The van der Waals surface area contributed by atoms with Crippen molar-refractivity contribution in [3.05, 3.63) is 40.1 Å². The molecular weight excluding hydrogens is 317 g/mol. The Morgan fingerprint density at radius 3 is 3.04 bits per heavy atom. The van der Waals surface area contributed by atoms with Crippen LogP contribution in [0.15, 0.2) is 23.7 Å². The first-order valence-corrected chi connectivity index (χ1v) is 8.38. The quantitative estimate of drug-likeness (QED) is 0.879. The van der Waals surface area contributed by atoms with E-state index in [-0.39, 0.29) is 12.0 Å². The summed E-state index contributed by atoms with van der Waals surface area (Å²) in [6.45, 7) is 3.13. The standard InChI is InChI=1S/C16H18FN3O2S/c1-10-15(23-9-19-10)16(21)20-11-4-5-14(13(17)7-11)18-8-12-3-2-6-22-12/h4-5,7,9,12,18H,2-3,6,8H2,1H3,(H,20,21). The number of nitrogens with one attached hydrogen (secondary N) is 2. The average molecular weight is 335 g/mol. The molecule has 0 spiro atoms. The van der Waals surface area contributed by atoms with Gasteiger partial charge >= 0.3 is 0 Å². The maximum atomic E-state index is 14.1. The Kier molecular flexibility index (Phi) is 4.88. The molecule has 2 aromatic rings. The van der Waals surface area contributed by atoms with Crippen molar-refractivity contribution < 1.29 is 13.9 Å². The van der Waals surface area contributed by atoms with Gasteiger partial charge in [-0.1, -0.05) is 0 Å². The van der Waals surface area contributed by atoms with Crippen LogP contribution >= 0.6 is 11.3 Å². The average Bonchev–Trinajstić information content (AvgIpc) is 3.17. The molecule has 7 heteroatoms. The van der Waals surface area contributed by atoms with Crippen molar-refractivity contribution in [2.75, 3.05) is 23.8 Å². The third-order valence-corrected chi connectivity index (χ3v) is 4.65. The monoisotopic (exact) mass is 335 g/mol. The van der Waals surface area contributed by atoms with Gasteiger partial charge in [0.15, 0.2) is 0 Å². The molecule has 5 nitrogen and oxygen atoms in total. The molecule has 2 N–H and O–H groups in total. The van der Waals surface area contributed by atoms with Gasteiger partial charge in [-0.15, -0.1) is 11.3 Å². The highest BCUT2D eigenvalue weighted by atomic mass is 32.1. The van der Waals surface area contributed by atoms with Crippen LogP contribution in [-0.4, -0.2) is 30.1 Å². The maximum Gasteiger partial charge on any atom is 0.267 e. The summed E-state index contributed by atoms with van der Waals surface area (Å²) in [7, 11) is 0. The maximum absolute atomic E-state index is 14.1. The lowest BCUT2D eigenvalue weighted by molar-refractivity contribution is 0.103. The Balaban J connectivity index is 1.62. The molecule has 2 heterocycles. The lowest BCUT2D eigenvalue weighted by Gasteiger charge is -2.13. The van der Waals surface area contributed by atoms with Crippen LogP contribution in [0, 0.1) is 12.7 Å². The van der Waals surface area contributed by atoms with Crippen molar-refractivity contribution in [1.29, 1.82) is 0 Å². The highest BCUT2D eigenvalue weighted by Gasteiger charge is 2.16. The summed E-state index contributed by atoms with van der Waals surface area (Å²) < 4.78 is 19.6. The Morgan fingerprint density at radius 1 is 1.52 bits per heavy atom. The fourth-order valence-corrected chi connectivity index (χ4v) is 3.17. The number of benzene rings is 1. The molecule has 1 unspecified atom stereocenters. The number of ether oxygens (including phenoxy) is 1. The highest BCUT2D eigenvalue weighted by molar-refractivity contribution is 7.12. The molecule has 122 valence electrons. The molecule has 1 fully saturated rings. The minimum absolute atomic E-state index is 0.142. The molecule has 1 atom stereocenters. The second-order valence-electron chi connectivity index (χ2n) is 5.43. The Bertz CT molecular complexity index is 698. The van der Waals surface area contributed by atoms with Crippen LogP contribution in [0.2, 0.25) is 0 Å². The number of carbonyl (C=O) groups is 1. The Hall–Kier alpha value is -1.99. The van der Waals surface area contributed by atoms with E-state index in [0.717, 1.165) is 19.4 Å². The molecule has 1 saturated heterocycles. The van der Waals surface area contributed by atoms with Crippen molar-refractivity contribution in [3.8, 4) is 0 Å². The van der Waals surface area contributed by atoms with Gasteiger partial charge < -0.3 is 15.4 Å². The number of carbonyl (C=O) groups excluding carboxylic acids is 1. The van der Waals surface area contributed by atoms with Crippen molar-refractivity contribution in [2.45, 2.75) is 25.9 Å². The van der Waals surface area contributed by atoms with Gasteiger partial charge in [0.25, 0.3) is 5.91 Å². The lowest BCUT2D eigenvalue weighted by atomic mass is 10.2. The Morgan fingerprint density at radius 2 is 2.39 bits per heavy atom. The van der Waals surface area contributed by atoms with E-state index in [1.54, 1.807) is 24.6 Å². The first-order valence-electron chi connectivity index (χ1n) is 7.50. The Labute approximate surface area is 137 Å². The fraction of sp³-hybridized carbons (Fsp3) is 0.375. The summed E-state index contributed by atoms with van der Waals surface area (Å²) in [6.07, 6.45) is 2.19. The normalized spacial score (nSPS) is 17.2. The smallest absolute Gasteiger partial charge is 0.267 e. The molecule has 1 aromatic heterocycles. The van der Waals surface area contributed by atoms with E-state index in [4.69, 9.17) is 4.74 Å². The second-order valence-corrected chi connectivity index (χ2v) is 6.29. The summed E-state index contributed by atoms with van der Waals surface area (Å²) in [6, 6.07) is 4.61. The van der Waals surface area contributed by atoms with Crippen molar-refractivity contribution in [3.63, 3.8) is 0 Å². The van der Waals surface area contributed by atoms with E-state index in [0.29, 0.717) is 28.5 Å². The van der Waals surface area contributed by atoms with Crippen LogP contribution in [0.1, 0.15) is 28.2 Å². The summed E-state index contributed by atoms with van der Waals surface area (Å²) in [5.74, 6) is -0.675. The topological polar surface area (TPSA) is 63.2 Å². The number of thiazole rings is 1. The molecule has 3 rings (SSSR count). The zero-order chi connectivity index (χ0) is 16.2. The van der Waals surface area contributed by atoms with Crippen LogP contribution in [0.3, 0.4) is 0 Å². The minimum atomic E-state index is -0.401. The molecular formula is C16H18FN3O2S. The van der Waals surface area contributed by atoms with Crippen LogP contribution in [0.5, 0.6) is 0 Å². The second kappa shape index (κ2) is 7.06. The molecule has 1 aliphatic rings. The number of aryl methyl sites for hydroxylation is 1. The van der Waals surface area contributed by atoms with Gasteiger partial charge in [0.05, 0.1) is 23.0 Å². The van der Waals surface area contributed by atoms with Crippen molar-refractivity contribution in [2.24, 2.45) is 0 Å². The predicted molar refractivity (Wildman–Crippen MR) is 88.7 cm³/mol. The van der Waals surface area contributed by atoms with Gasteiger partial charge in [-0.25, -0.2) is 9.37 Å². The lowest BCUT2D eigenvalue weighted by Crippen LogP contribution is -2.19. The first kappa shape index (κ1) is 15.9. The summed E-state index contributed by atoms with van der Waals surface area (Å²) in [5.41, 5.74) is 3.11. The number of hydrogen-bond donors (Lipinski definition) is 2. The van der Waals surface area contributed by atoms with Gasteiger partial charge in [0.2, 0.25) is 0 Å². The largest absolute Gasteiger partial charge is 0.380 e. The third kappa shape index (κ3) is 3.86. The predicted octanol–water partition coefficient (Wildman–Crippen LogP) is 3.43. The molecule has 0 bridgehead atoms. The van der Waals surface area contributed by atoms with Gasteiger partial charge in [-0.3, -0.25) is 4.79 Å². The van der Waals surface area contributed by atoms with E-state index in [1.165, 1.54) is 17.4 Å². The van der Waals surface area contributed by atoms with Gasteiger partial charge in [-0.2, -0.15) is 0 Å². The zero-order valence-corrected chi connectivity index (χ0v) is 13.6. The molecule has 23 heavy (non-hydrogen) atoms. The summed E-state index contributed by atoms with van der Waals surface area (Å²) in [5, 5.41) is 5.74. The molecule has 1 aromatic carbocycles. The van der Waals surface area contributed by atoms with E-state index in [2.05, 4.69) is 15.6 Å². The summed E-state index contributed by atoms with van der Waals surface area (Å²) >= 11 is 1.26. The van der Waals surface area contributed by atoms with Gasteiger partial charge in [0.1, 0.15) is 10.7 Å². The van der Waals surface area contributed by atoms with E-state index in [9.17, 15) is 9.18 Å². The third-order valence-electron chi connectivity index (χ3n) is 3.72. The number of aromatic nitrogens is 1. The highest BCUT2D eigenvalue weighted by Crippen LogP contribution is 2.22. The van der Waals surface area contributed by atoms with Gasteiger partial charge in [0, 0.05) is 18.8 Å². The molecule has 0 aliphatic carbocycles. The number of halogens is 1. The number of hydrogen-bond acceptors (Lipinski definition) is 5. The first-order chi connectivity index (χ1) is 11.1. The fourth-order valence-electron chi connectivity index (χ4n) is 2.47. The zero-order valence-electron chi connectivity index (χ0n) is 12.8. The van der Waals surface area contributed by atoms with Crippen molar-refractivity contribution >= 4 is 28.6 Å². The SMILES string of the molecule is Cc1ncsc1C(=O)Nc1ccc(NCC2CCCO2)c(F)c1. The molecule has 0 saturated carbocycles. The van der Waals surface area contributed by atoms with E-state index >= 15 is 0 Å². The number of anilines is 2. The van der Waals surface area contributed by atoms with Gasteiger partial charge in [-0.05, 0) is 38.0 Å².